The molecule has 0 aliphatic carbocycles. The first-order valence-corrected chi connectivity index (χ1v) is 6.95. The molecule has 96 valence electrons. The Balaban J connectivity index is 2.14. The third kappa shape index (κ3) is 3.31. The Morgan fingerprint density at radius 3 is 2.94 bits per heavy atom. The normalized spacial score (nSPS) is 12.4. The Morgan fingerprint density at radius 2 is 2.28 bits per heavy atom. The van der Waals surface area contributed by atoms with Crippen molar-refractivity contribution in [2.75, 3.05) is 0 Å². The summed E-state index contributed by atoms with van der Waals surface area (Å²) in [5.74, 6) is 0.947. The van der Waals surface area contributed by atoms with Gasteiger partial charge in [0.05, 0.1) is 11.2 Å². The highest BCUT2D eigenvalue weighted by Gasteiger charge is 2.09. The first kappa shape index (κ1) is 13.1. The molecule has 2 aromatic rings. The average molecular weight is 262 g/mol. The molecule has 0 aliphatic heterocycles. The van der Waals surface area contributed by atoms with Crippen LogP contribution in [0.4, 0.5) is 0 Å². The molecule has 2 N–H and O–H groups in total. The van der Waals surface area contributed by atoms with Crippen LogP contribution in [0, 0.1) is 6.92 Å². The maximum Gasteiger partial charge on any atom is 0.131 e. The van der Waals surface area contributed by atoms with Crippen molar-refractivity contribution in [1.82, 2.24) is 4.98 Å². The van der Waals surface area contributed by atoms with E-state index >= 15 is 0 Å². The molecule has 3 nitrogen and oxygen atoms in total. The Morgan fingerprint density at radius 1 is 1.44 bits per heavy atom. The maximum absolute atomic E-state index is 5.90. The highest BCUT2D eigenvalue weighted by atomic mass is 32.1. The molecule has 1 aromatic heterocycles. The molecule has 0 bridgehead atoms. The lowest BCUT2D eigenvalue weighted by atomic mass is 10.0. The first-order valence-electron chi connectivity index (χ1n) is 6.00. The fourth-order valence-corrected chi connectivity index (χ4v) is 2.43. The van der Waals surface area contributed by atoms with Crippen molar-refractivity contribution < 1.29 is 4.74 Å². The lowest BCUT2D eigenvalue weighted by molar-refractivity contribution is 0.296. The van der Waals surface area contributed by atoms with Crippen molar-refractivity contribution in [3.05, 3.63) is 45.9 Å². The molecule has 0 radical (unpaired) electrons. The number of hydrogen-bond acceptors (Lipinski definition) is 4. The van der Waals surface area contributed by atoms with Crippen LogP contribution in [0.25, 0.3) is 0 Å². The molecule has 0 fully saturated rings. The maximum atomic E-state index is 5.90. The van der Waals surface area contributed by atoms with Gasteiger partial charge in [0, 0.05) is 11.4 Å². The van der Waals surface area contributed by atoms with Gasteiger partial charge in [-0.3, -0.25) is 0 Å². The molecule has 1 heterocycles. The zero-order valence-corrected chi connectivity index (χ0v) is 11.5. The van der Waals surface area contributed by atoms with Crippen LogP contribution < -0.4 is 10.5 Å². The molecule has 1 unspecified atom stereocenters. The van der Waals surface area contributed by atoms with Gasteiger partial charge in [0.2, 0.25) is 0 Å². The second-order valence-electron chi connectivity index (χ2n) is 4.51. The molecule has 0 aliphatic rings. The van der Waals surface area contributed by atoms with Gasteiger partial charge in [0.15, 0.2) is 0 Å². The summed E-state index contributed by atoms with van der Waals surface area (Å²) in [6.07, 6.45) is 0.827. The third-order valence-electron chi connectivity index (χ3n) is 2.68. The molecule has 1 aromatic carbocycles. The highest BCUT2D eigenvalue weighted by Crippen LogP contribution is 2.25. The number of para-hydroxylation sites is 1. The number of aromatic nitrogens is 1. The number of ether oxygens (including phenoxy) is 1. The van der Waals surface area contributed by atoms with Gasteiger partial charge in [-0.05, 0) is 31.4 Å². The van der Waals surface area contributed by atoms with Gasteiger partial charge in [-0.25, -0.2) is 4.98 Å². The SMILES string of the molecule is Cc1cccc(CC(C)N)c1OCc1cscn1. The van der Waals surface area contributed by atoms with Gasteiger partial charge >= 0.3 is 0 Å². The van der Waals surface area contributed by atoms with E-state index < -0.39 is 0 Å². The summed E-state index contributed by atoms with van der Waals surface area (Å²) >= 11 is 1.58. The summed E-state index contributed by atoms with van der Waals surface area (Å²) in [6, 6.07) is 6.31. The Labute approximate surface area is 112 Å². The van der Waals surface area contributed by atoms with E-state index in [4.69, 9.17) is 10.5 Å². The zero-order valence-electron chi connectivity index (χ0n) is 10.7. The van der Waals surface area contributed by atoms with E-state index in [1.165, 1.54) is 5.56 Å². The van der Waals surface area contributed by atoms with Crippen molar-refractivity contribution in [3.8, 4) is 5.75 Å². The summed E-state index contributed by atoms with van der Waals surface area (Å²) < 4.78 is 5.90. The minimum atomic E-state index is 0.133. The summed E-state index contributed by atoms with van der Waals surface area (Å²) in [5, 5.41) is 2.00. The van der Waals surface area contributed by atoms with Crippen molar-refractivity contribution in [1.29, 1.82) is 0 Å². The Hall–Kier alpha value is -1.39. The Kier molecular flexibility index (Phi) is 4.33. The minimum Gasteiger partial charge on any atom is -0.487 e. The quantitative estimate of drug-likeness (QED) is 0.901. The van der Waals surface area contributed by atoms with E-state index in [2.05, 4.69) is 24.0 Å². The molecule has 0 amide bonds. The molecular formula is C14H18N2OS. The van der Waals surface area contributed by atoms with Crippen LogP contribution in [0.3, 0.4) is 0 Å². The molecule has 0 saturated heterocycles. The van der Waals surface area contributed by atoms with Crippen LogP contribution in [-0.4, -0.2) is 11.0 Å². The average Bonchev–Trinajstić information content (AvgIpc) is 2.80. The first-order chi connectivity index (χ1) is 8.66. The standard InChI is InChI=1S/C14H18N2OS/c1-10-4-3-5-12(6-11(2)15)14(10)17-7-13-8-18-9-16-13/h3-5,8-9,11H,6-7,15H2,1-2H3. The monoisotopic (exact) mass is 262 g/mol. The highest BCUT2D eigenvalue weighted by molar-refractivity contribution is 7.07. The van der Waals surface area contributed by atoms with Crippen LogP contribution in [0.1, 0.15) is 23.7 Å². The molecule has 0 saturated carbocycles. The number of thiazole rings is 1. The number of rotatable bonds is 5. The Bertz CT molecular complexity index is 495. The van der Waals surface area contributed by atoms with Gasteiger partial charge in [0.25, 0.3) is 0 Å². The largest absolute Gasteiger partial charge is 0.487 e. The minimum absolute atomic E-state index is 0.133. The number of benzene rings is 1. The van der Waals surface area contributed by atoms with Crippen LogP contribution in [0.15, 0.2) is 29.1 Å². The second kappa shape index (κ2) is 5.98. The topological polar surface area (TPSA) is 48.1 Å². The molecule has 4 heteroatoms. The van der Waals surface area contributed by atoms with E-state index in [1.807, 2.05) is 23.9 Å². The number of nitrogens with zero attached hydrogens (tertiary/aromatic N) is 1. The lowest BCUT2D eigenvalue weighted by Gasteiger charge is -2.14. The predicted molar refractivity (Wildman–Crippen MR) is 75.0 cm³/mol. The molecule has 1 atom stereocenters. The predicted octanol–water partition coefficient (Wildman–Crippen LogP) is 2.92. The van der Waals surface area contributed by atoms with Gasteiger partial charge in [-0.1, -0.05) is 18.2 Å². The van der Waals surface area contributed by atoms with E-state index in [1.54, 1.807) is 11.3 Å². The second-order valence-corrected chi connectivity index (χ2v) is 5.23. The summed E-state index contributed by atoms with van der Waals surface area (Å²) in [4.78, 5) is 4.22. The van der Waals surface area contributed by atoms with Crippen molar-refractivity contribution in [3.63, 3.8) is 0 Å². The lowest BCUT2D eigenvalue weighted by Crippen LogP contribution is -2.18. The van der Waals surface area contributed by atoms with E-state index in [0.29, 0.717) is 6.61 Å². The summed E-state index contributed by atoms with van der Waals surface area (Å²) in [6.45, 7) is 4.58. The summed E-state index contributed by atoms with van der Waals surface area (Å²) in [7, 11) is 0. The van der Waals surface area contributed by atoms with Crippen LogP contribution in [0.5, 0.6) is 5.75 Å². The molecule has 2 rings (SSSR count). The van der Waals surface area contributed by atoms with Gasteiger partial charge in [-0.15, -0.1) is 11.3 Å². The zero-order chi connectivity index (χ0) is 13.0. The van der Waals surface area contributed by atoms with Gasteiger partial charge in [-0.2, -0.15) is 0 Å². The van der Waals surface area contributed by atoms with Crippen LogP contribution >= 0.6 is 11.3 Å². The molecule has 18 heavy (non-hydrogen) atoms. The molecule has 0 spiro atoms. The fourth-order valence-electron chi connectivity index (χ4n) is 1.88. The number of nitrogens with two attached hydrogens (primary N) is 1. The van der Waals surface area contributed by atoms with Crippen molar-refractivity contribution in [2.24, 2.45) is 5.73 Å². The van der Waals surface area contributed by atoms with Crippen molar-refractivity contribution in [2.45, 2.75) is 32.9 Å². The van der Waals surface area contributed by atoms with E-state index in [0.717, 1.165) is 23.4 Å². The van der Waals surface area contributed by atoms with Crippen LogP contribution in [-0.2, 0) is 13.0 Å². The number of aryl methyl sites for hydroxylation is 1. The third-order valence-corrected chi connectivity index (χ3v) is 3.32. The van der Waals surface area contributed by atoms with Crippen LogP contribution in [0.2, 0.25) is 0 Å². The van der Waals surface area contributed by atoms with Gasteiger partial charge < -0.3 is 10.5 Å². The summed E-state index contributed by atoms with van der Waals surface area (Å²) in [5.41, 5.74) is 11.0. The van der Waals surface area contributed by atoms with E-state index in [9.17, 15) is 0 Å². The van der Waals surface area contributed by atoms with Gasteiger partial charge in [0.1, 0.15) is 12.4 Å². The molecular weight excluding hydrogens is 244 g/mol. The fraction of sp³-hybridized carbons (Fsp3) is 0.357. The smallest absolute Gasteiger partial charge is 0.131 e. The van der Waals surface area contributed by atoms with E-state index in [-0.39, 0.29) is 6.04 Å². The number of hydrogen-bond donors (Lipinski definition) is 1. The van der Waals surface area contributed by atoms with Crippen molar-refractivity contribution >= 4 is 11.3 Å².